The third-order valence-corrected chi connectivity index (χ3v) is 7.71. The number of carbonyl (C=O) groups is 1. The predicted octanol–water partition coefficient (Wildman–Crippen LogP) is 6.42. The number of morpholine rings is 1. The molecule has 1 aromatic heterocycles. The SMILES string of the molecule is Cc1c(Cl)ccc2sc(N(CCCN3CCOCC3)C(=O)c3ccc(Oc4ccccc4)cc3)nc12. The van der Waals surface area contributed by atoms with Gasteiger partial charge in [-0.1, -0.05) is 41.1 Å². The summed E-state index contributed by atoms with van der Waals surface area (Å²) in [6, 6.07) is 20.7. The van der Waals surface area contributed by atoms with Gasteiger partial charge in [0.2, 0.25) is 0 Å². The molecule has 2 heterocycles. The number of aromatic nitrogens is 1. The zero-order chi connectivity index (χ0) is 24.9. The Morgan fingerprint density at radius 2 is 1.78 bits per heavy atom. The molecule has 1 aliphatic heterocycles. The molecule has 5 rings (SSSR count). The van der Waals surface area contributed by atoms with Gasteiger partial charge in [-0.3, -0.25) is 14.6 Å². The van der Waals surface area contributed by atoms with E-state index in [-0.39, 0.29) is 5.91 Å². The lowest BCUT2D eigenvalue weighted by Crippen LogP contribution is -2.39. The maximum atomic E-state index is 13.7. The van der Waals surface area contributed by atoms with Crippen LogP contribution < -0.4 is 9.64 Å². The average Bonchev–Trinajstić information content (AvgIpc) is 3.35. The van der Waals surface area contributed by atoms with Gasteiger partial charge in [0.1, 0.15) is 11.5 Å². The zero-order valence-electron chi connectivity index (χ0n) is 20.2. The maximum Gasteiger partial charge on any atom is 0.260 e. The van der Waals surface area contributed by atoms with Crippen LogP contribution in [0.15, 0.2) is 66.7 Å². The Bertz CT molecular complexity index is 1320. The third-order valence-electron chi connectivity index (χ3n) is 6.25. The van der Waals surface area contributed by atoms with Crippen LogP contribution in [0.3, 0.4) is 0 Å². The van der Waals surface area contributed by atoms with Gasteiger partial charge in [0, 0.05) is 36.8 Å². The van der Waals surface area contributed by atoms with Gasteiger partial charge in [-0.15, -0.1) is 0 Å². The fraction of sp³-hybridized carbons (Fsp3) is 0.286. The minimum atomic E-state index is -0.0777. The second-order valence-corrected chi connectivity index (χ2v) is 10.1. The monoisotopic (exact) mass is 521 g/mol. The Morgan fingerprint density at radius 1 is 1.06 bits per heavy atom. The van der Waals surface area contributed by atoms with Crippen LogP contribution in [-0.4, -0.2) is 55.2 Å². The molecule has 36 heavy (non-hydrogen) atoms. The molecule has 0 atom stereocenters. The lowest BCUT2D eigenvalue weighted by atomic mass is 10.2. The van der Waals surface area contributed by atoms with Gasteiger partial charge in [-0.25, -0.2) is 4.98 Å². The number of halogens is 1. The second-order valence-electron chi connectivity index (χ2n) is 8.72. The van der Waals surface area contributed by atoms with Crippen LogP contribution >= 0.6 is 22.9 Å². The number of amides is 1. The summed E-state index contributed by atoms with van der Waals surface area (Å²) in [5.74, 6) is 1.36. The normalized spacial score (nSPS) is 14.2. The number of aryl methyl sites for hydroxylation is 1. The molecule has 0 N–H and O–H groups in total. The van der Waals surface area contributed by atoms with Crippen molar-refractivity contribution in [2.24, 2.45) is 0 Å². The predicted molar refractivity (Wildman–Crippen MR) is 146 cm³/mol. The minimum Gasteiger partial charge on any atom is -0.457 e. The van der Waals surface area contributed by atoms with Crippen LogP contribution in [0.2, 0.25) is 5.02 Å². The Morgan fingerprint density at radius 3 is 2.53 bits per heavy atom. The van der Waals surface area contributed by atoms with Gasteiger partial charge in [0.15, 0.2) is 5.13 Å². The summed E-state index contributed by atoms with van der Waals surface area (Å²) in [5, 5.41) is 1.37. The highest BCUT2D eigenvalue weighted by atomic mass is 35.5. The summed E-state index contributed by atoms with van der Waals surface area (Å²) in [6.07, 6.45) is 0.844. The lowest BCUT2D eigenvalue weighted by molar-refractivity contribution is 0.0376. The van der Waals surface area contributed by atoms with E-state index in [1.807, 2.05) is 73.7 Å². The van der Waals surface area contributed by atoms with Gasteiger partial charge < -0.3 is 9.47 Å². The van der Waals surface area contributed by atoms with E-state index in [1.165, 1.54) is 11.3 Å². The van der Waals surface area contributed by atoms with Crippen molar-refractivity contribution in [2.45, 2.75) is 13.3 Å². The molecule has 0 saturated carbocycles. The highest BCUT2D eigenvalue weighted by molar-refractivity contribution is 7.22. The first-order valence-electron chi connectivity index (χ1n) is 12.1. The number of fused-ring (bicyclic) bond motifs is 1. The number of benzene rings is 3. The number of ether oxygens (including phenoxy) is 2. The molecular formula is C28H28ClN3O3S. The first-order valence-corrected chi connectivity index (χ1v) is 13.3. The number of rotatable bonds is 8. The first kappa shape index (κ1) is 24.7. The highest BCUT2D eigenvalue weighted by Gasteiger charge is 2.23. The van der Waals surface area contributed by atoms with Crippen molar-refractivity contribution in [3.63, 3.8) is 0 Å². The van der Waals surface area contributed by atoms with Crippen LogP contribution in [0.1, 0.15) is 22.3 Å². The van der Waals surface area contributed by atoms with Crippen molar-refractivity contribution < 1.29 is 14.3 Å². The fourth-order valence-corrected chi connectivity index (χ4v) is 5.41. The number of para-hydroxylation sites is 1. The van der Waals surface area contributed by atoms with Crippen LogP contribution in [-0.2, 0) is 4.74 Å². The van der Waals surface area contributed by atoms with Crippen molar-refractivity contribution in [3.05, 3.63) is 82.9 Å². The zero-order valence-corrected chi connectivity index (χ0v) is 21.7. The largest absolute Gasteiger partial charge is 0.457 e. The van der Waals surface area contributed by atoms with E-state index < -0.39 is 0 Å². The Kier molecular flexibility index (Phi) is 7.82. The molecule has 4 aromatic rings. The van der Waals surface area contributed by atoms with Crippen molar-refractivity contribution in [1.29, 1.82) is 0 Å². The molecule has 1 fully saturated rings. The topological polar surface area (TPSA) is 54.9 Å². The van der Waals surface area contributed by atoms with Gasteiger partial charge >= 0.3 is 0 Å². The van der Waals surface area contributed by atoms with E-state index in [9.17, 15) is 4.79 Å². The summed E-state index contributed by atoms with van der Waals surface area (Å²) in [5.41, 5.74) is 2.37. The molecule has 0 radical (unpaired) electrons. The van der Waals surface area contributed by atoms with E-state index in [2.05, 4.69) is 4.90 Å². The molecular weight excluding hydrogens is 494 g/mol. The van der Waals surface area contributed by atoms with Gasteiger partial charge in [-0.2, -0.15) is 0 Å². The molecule has 0 unspecified atom stereocenters. The second kappa shape index (κ2) is 11.4. The molecule has 1 aliphatic rings. The summed E-state index contributed by atoms with van der Waals surface area (Å²) < 4.78 is 12.4. The average molecular weight is 522 g/mol. The smallest absolute Gasteiger partial charge is 0.260 e. The molecule has 0 spiro atoms. The third kappa shape index (κ3) is 5.71. The van der Waals surface area contributed by atoms with E-state index in [0.717, 1.165) is 60.8 Å². The Balaban J connectivity index is 1.37. The number of nitrogens with zero attached hydrogens (tertiary/aromatic N) is 3. The molecule has 8 heteroatoms. The minimum absolute atomic E-state index is 0.0777. The number of thiazole rings is 1. The van der Waals surface area contributed by atoms with E-state index in [0.29, 0.717) is 28.0 Å². The Labute approximate surface area is 220 Å². The highest BCUT2D eigenvalue weighted by Crippen LogP contribution is 2.34. The molecule has 1 amide bonds. The van der Waals surface area contributed by atoms with Crippen LogP contribution in [0.4, 0.5) is 5.13 Å². The number of carbonyl (C=O) groups excluding carboxylic acids is 1. The van der Waals surface area contributed by atoms with Crippen molar-refractivity contribution >= 4 is 44.2 Å². The number of hydrogen-bond acceptors (Lipinski definition) is 6. The molecule has 3 aromatic carbocycles. The van der Waals surface area contributed by atoms with E-state index in [1.54, 1.807) is 4.90 Å². The molecule has 0 bridgehead atoms. The van der Waals surface area contributed by atoms with Crippen LogP contribution in [0.5, 0.6) is 11.5 Å². The molecule has 186 valence electrons. The molecule has 6 nitrogen and oxygen atoms in total. The first-order chi connectivity index (χ1) is 17.6. The lowest BCUT2D eigenvalue weighted by Gasteiger charge is -2.27. The van der Waals surface area contributed by atoms with Gasteiger partial charge in [0.05, 0.1) is 23.4 Å². The fourth-order valence-electron chi connectivity index (χ4n) is 4.21. The summed E-state index contributed by atoms with van der Waals surface area (Å²) >= 11 is 7.85. The van der Waals surface area contributed by atoms with Crippen molar-refractivity contribution in [1.82, 2.24) is 9.88 Å². The van der Waals surface area contributed by atoms with Crippen molar-refractivity contribution in [2.75, 3.05) is 44.3 Å². The van der Waals surface area contributed by atoms with Gasteiger partial charge in [0.25, 0.3) is 5.91 Å². The maximum absolute atomic E-state index is 13.7. The van der Waals surface area contributed by atoms with E-state index >= 15 is 0 Å². The Hall–Kier alpha value is -2.97. The number of hydrogen-bond donors (Lipinski definition) is 0. The standard InChI is InChI=1S/C28H28ClN3O3S/c1-20-24(29)12-13-25-26(20)30-28(36-25)32(15-5-14-31-16-18-34-19-17-31)27(33)21-8-10-23(11-9-21)35-22-6-3-2-4-7-22/h2-4,6-13H,5,14-19H2,1H3. The van der Waals surface area contributed by atoms with E-state index in [4.69, 9.17) is 26.1 Å². The molecule has 1 saturated heterocycles. The van der Waals surface area contributed by atoms with Crippen LogP contribution in [0.25, 0.3) is 10.2 Å². The summed E-state index contributed by atoms with van der Waals surface area (Å²) in [6.45, 7) is 6.82. The van der Waals surface area contributed by atoms with Crippen molar-refractivity contribution in [3.8, 4) is 11.5 Å². The molecule has 0 aliphatic carbocycles. The number of anilines is 1. The summed E-state index contributed by atoms with van der Waals surface area (Å²) in [7, 11) is 0. The van der Waals surface area contributed by atoms with Crippen LogP contribution in [0, 0.1) is 6.92 Å². The summed E-state index contributed by atoms with van der Waals surface area (Å²) in [4.78, 5) is 22.7. The quantitative estimate of drug-likeness (QED) is 0.268. The van der Waals surface area contributed by atoms with Gasteiger partial charge in [-0.05, 0) is 67.4 Å².